The molecule has 0 spiro atoms. The predicted molar refractivity (Wildman–Crippen MR) is 166 cm³/mol. The molecule has 1 amide bonds. The van der Waals surface area contributed by atoms with E-state index in [-0.39, 0.29) is 18.6 Å². The summed E-state index contributed by atoms with van der Waals surface area (Å²) in [6.45, 7) is 4.14. The van der Waals surface area contributed by atoms with Crippen molar-refractivity contribution < 1.29 is 14.6 Å². The molecule has 0 bridgehead atoms. The number of carbonyl (C=O) groups excluding carboxylic acids is 1. The fourth-order valence-corrected chi connectivity index (χ4v) is 5.76. The van der Waals surface area contributed by atoms with Crippen LogP contribution in [0, 0.1) is 0 Å². The fraction of sp³-hybridized carbons (Fsp3) is 0.229. The zero-order chi connectivity index (χ0) is 28.7. The molecule has 1 atom stereocenters. The van der Waals surface area contributed by atoms with Crippen molar-refractivity contribution >= 4 is 16.8 Å². The van der Waals surface area contributed by atoms with Crippen LogP contribution in [0.4, 0.5) is 0 Å². The normalized spacial score (nSPS) is 15.1. The first kappa shape index (κ1) is 27.7. The lowest BCUT2D eigenvalue weighted by molar-refractivity contribution is 0.0398. The molecule has 1 unspecified atom stereocenters. The molecule has 4 aromatic carbocycles. The number of para-hydroxylation sites is 2. The zero-order valence-electron chi connectivity index (χ0n) is 23.5. The van der Waals surface area contributed by atoms with Crippen LogP contribution in [0.2, 0.25) is 0 Å². The average molecular weight is 561 g/mol. The van der Waals surface area contributed by atoms with Crippen LogP contribution in [0.15, 0.2) is 121 Å². The second kappa shape index (κ2) is 13.0. The predicted octanol–water partition coefficient (Wildman–Crippen LogP) is 5.17. The number of nitrogens with one attached hydrogen (secondary N) is 1. The minimum atomic E-state index is -0.680. The molecule has 1 aromatic heterocycles. The summed E-state index contributed by atoms with van der Waals surface area (Å²) < 4.78 is 7.70. The SMILES string of the molecule is O=C(Nn1ccc2ccccc21)c1ccccc1OCC(O)CN1CCN(C(c2ccccc2)c2ccccc2)CC1. The zero-order valence-corrected chi connectivity index (χ0v) is 23.5. The molecule has 42 heavy (non-hydrogen) atoms. The van der Waals surface area contributed by atoms with Gasteiger partial charge in [-0.1, -0.05) is 91.0 Å². The van der Waals surface area contributed by atoms with E-state index in [1.54, 1.807) is 16.8 Å². The Morgan fingerprint density at radius 1 is 0.762 bits per heavy atom. The largest absolute Gasteiger partial charge is 0.490 e. The number of aliphatic hydroxyl groups excluding tert-OH is 1. The van der Waals surface area contributed by atoms with E-state index in [4.69, 9.17) is 4.74 Å². The number of fused-ring (bicyclic) bond motifs is 1. The van der Waals surface area contributed by atoms with Gasteiger partial charge in [0.25, 0.3) is 5.91 Å². The molecule has 1 aliphatic rings. The number of piperazine rings is 1. The lowest BCUT2D eigenvalue weighted by atomic mass is 9.96. The van der Waals surface area contributed by atoms with Gasteiger partial charge in [0.15, 0.2) is 0 Å². The first-order valence-corrected chi connectivity index (χ1v) is 14.5. The van der Waals surface area contributed by atoms with E-state index in [2.05, 4.69) is 75.9 Å². The highest BCUT2D eigenvalue weighted by Crippen LogP contribution is 2.29. The van der Waals surface area contributed by atoms with Gasteiger partial charge in [0.2, 0.25) is 0 Å². The Balaban J connectivity index is 1.03. The van der Waals surface area contributed by atoms with Gasteiger partial charge in [0.05, 0.1) is 17.1 Å². The number of aliphatic hydroxyl groups is 1. The Hall–Kier alpha value is -4.43. The van der Waals surface area contributed by atoms with Crippen LogP contribution in [-0.4, -0.2) is 70.9 Å². The number of ether oxygens (including phenoxy) is 1. The van der Waals surface area contributed by atoms with Gasteiger partial charge in [-0.25, -0.2) is 0 Å². The summed E-state index contributed by atoms with van der Waals surface area (Å²) in [5.74, 6) is 0.174. The third-order valence-electron chi connectivity index (χ3n) is 7.86. The Morgan fingerprint density at radius 3 is 2.10 bits per heavy atom. The third kappa shape index (κ3) is 6.39. The van der Waals surface area contributed by atoms with Crippen LogP contribution in [-0.2, 0) is 0 Å². The van der Waals surface area contributed by atoms with Crippen molar-refractivity contribution in [3.8, 4) is 5.75 Å². The number of benzene rings is 4. The van der Waals surface area contributed by atoms with E-state index in [0.29, 0.717) is 17.9 Å². The lowest BCUT2D eigenvalue weighted by Gasteiger charge is -2.40. The number of aromatic nitrogens is 1. The number of hydrogen-bond acceptors (Lipinski definition) is 5. The summed E-state index contributed by atoms with van der Waals surface area (Å²) in [6.07, 6.45) is 1.15. The molecule has 1 fully saturated rings. The van der Waals surface area contributed by atoms with Crippen molar-refractivity contribution in [3.05, 3.63) is 138 Å². The van der Waals surface area contributed by atoms with Crippen molar-refractivity contribution in [2.24, 2.45) is 0 Å². The van der Waals surface area contributed by atoms with Crippen molar-refractivity contribution in [2.45, 2.75) is 12.1 Å². The molecule has 5 aromatic rings. The molecule has 6 rings (SSSR count). The first-order valence-electron chi connectivity index (χ1n) is 14.5. The maximum atomic E-state index is 13.1. The van der Waals surface area contributed by atoms with E-state index in [1.807, 2.05) is 48.7 Å². The number of rotatable bonds is 10. The molecule has 7 nitrogen and oxygen atoms in total. The number of carbonyl (C=O) groups is 1. The van der Waals surface area contributed by atoms with Gasteiger partial charge in [0.1, 0.15) is 18.5 Å². The molecule has 2 N–H and O–H groups in total. The van der Waals surface area contributed by atoms with Crippen LogP contribution in [0.25, 0.3) is 10.9 Å². The lowest BCUT2D eigenvalue weighted by Crippen LogP contribution is -2.50. The summed E-state index contributed by atoms with van der Waals surface area (Å²) >= 11 is 0. The highest BCUT2D eigenvalue weighted by Gasteiger charge is 2.27. The van der Waals surface area contributed by atoms with Crippen LogP contribution in [0.5, 0.6) is 5.75 Å². The standard InChI is InChI=1S/C35H36N4O3/c40-30(25-37-21-23-38(24-22-37)34(28-12-3-1-4-13-28)29-14-5-2-6-15-29)26-42-33-18-10-8-16-31(33)35(41)36-39-20-19-27-11-7-9-17-32(27)39/h1-20,30,34,40H,21-26H2,(H,36,41). The van der Waals surface area contributed by atoms with Gasteiger partial charge < -0.3 is 9.84 Å². The Kier molecular flexibility index (Phi) is 8.61. The molecule has 214 valence electrons. The topological polar surface area (TPSA) is 70.0 Å². The Morgan fingerprint density at radius 2 is 1.38 bits per heavy atom. The summed E-state index contributed by atoms with van der Waals surface area (Å²) in [5, 5.41) is 11.9. The van der Waals surface area contributed by atoms with Crippen molar-refractivity contribution in [2.75, 3.05) is 44.8 Å². The van der Waals surface area contributed by atoms with Gasteiger partial charge in [-0.15, -0.1) is 0 Å². The maximum absolute atomic E-state index is 13.1. The maximum Gasteiger partial charge on any atom is 0.273 e. The highest BCUT2D eigenvalue weighted by atomic mass is 16.5. The molecule has 1 saturated heterocycles. The van der Waals surface area contributed by atoms with Crippen molar-refractivity contribution in [1.29, 1.82) is 0 Å². The summed E-state index contributed by atoms with van der Waals surface area (Å²) in [4.78, 5) is 17.9. The van der Waals surface area contributed by atoms with E-state index in [0.717, 1.165) is 37.1 Å². The molecular formula is C35H36N4O3. The summed E-state index contributed by atoms with van der Waals surface area (Å²) in [6, 6.07) is 38.5. The summed E-state index contributed by atoms with van der Waals surface area (Å²) in [5.41, 5.74) is 6.85. The number of β-amino-alcohol motifs (C(OH)–C–C–N with tert-alkyl or cyclic N) is 1. The quantitative estimate of drug-likeness (QED) is 0.247. The highest BCUT2D eigenvalue weighted by molar-refractivity contribution is 6.03. The third-order valence-corrected chi connectivity index (χ3v) is 7.86. The molecule has 0 aliphatic carbocycles. The second-order valence-electron chi connectivity index (χ2n) is 10.7. The minimum absolute atomic E-state index is 0.105. The average Bonchev–Trinajstić information content (AvgIpc) is 3.45. The number of amides is 1. The molecule has 7 heteroatoms. The van der Waals surface area contributed by atoms with Crippen molar-refractivity contribution in [1.82, 2.24) is 14.5 Å². The molecular weight excluding hydrogens is 524 g/mol. The van der Waals surface area contributed by atoms with Gasteiger partial charge in [-0.2, -0.15) is 0 Å². The van der Waals surface area contributed by atoms with Crippen LogP contribution in [0.3, 0.4) is 0 Å². The van der Waals surface area contributed by atoms with Crippen LogP contribution >= 0.6 is 0 Å². The smallest absolute Gasteiger partial charge is 0.273 e. The number of hydrogen-bond donors (Lipinski definition) is 2. The van der Waals surface area contributed by atoms with E-state index < -0.39 is 6.10 Å². The molecule has 1 aliphatic heterocycles. The first-order chi connectivity index (χ1) is 20.7. The van der Waals surface area contributed by atoms with E-state index in [1.165, 1.54) is 11.1 Å². The number of nitrogens with zero attached hydrogens (tertiary/aromatic N) is 3. The van der Waals surface area contributed by atoms with E-state index in [9.17, 15) is 9.90 Å². The van der Waals surface area contributed by atoms with E-state index >= 15 is 0 Å². The van der Waals surface area contributed by atoms with Gasteiger partial charge in [0, 0.05) is 44.3 Å². The molecule has 0 radical (unpaired) electrons. The van der Waals surface area contributed by atoms with Gasteiger partial charge >= 0.3 is 0 Å². The fourth-order valence-electron chi connectivity index (χ4n) is 5.76. The molecule has 0 saturated carbocycles. The van der Waals surface area contributed by atoms with Gasteiger partial charge in [-0.3, -0.25) is 24.7 Å². The van der Waals surface area contributed by atoms with Gasteiger partial charge in [-0.05, 0) is 35.4 Å². The molecule has 2 heterocycles. The Bertz CT molecular complexity index is 1560. The monoisotopic (exact) mass is 560 g/mol. The second-order valence-corrected chi connectivity index (χ2v) is 10.7. The minimum Gasteiger partial charge on any atom is -0.490 e. The van der Waals surface area contributed by atoms with Crippen molar-refractivity contribution in [3.63, 3.8) is 0 Å². The Labute approximate surface area is 246 Å². The van der Waals surface area contributed by atoms with Crippen LogP contribution < -0.4 is 10.2 Å². The summed E-state index contributed by atoms with van der Waals surface area (Å²) in [7, 11) is 0. The van der Waals surface area contributed by atoms with Crippen LogP contribution in [0.1, 0.15) is 27.5 Å².